The number of aromatic amines is 2. The molecule has 4 aromatic heterocycles. The topological polar surface area (TPSA) is 259 Å². The molecule has 18 nitrogen and oxygen atoms in total. The predicted octanol–water partition coefficient (Wildman–Crippen LogP) is 8.01. The van der Waals surface area contributed by atoms with Crippen LogP contribution < -0.4 is 20.8 Å². The van der Waals surface area contributed by atoms with Crippen LogP contribution >= 0.6 is 0 Å². The van der Waals surface area contributed by atoms with E-state index in [0.717, 1.165) is 38.5 Å². The van der Waals surface area contributed by atoms with E-state index in [-0.39, 0.29) is 143 Å². The number of hydrogen-bond acceptors (Lipinski definition) is 16. The average molecular weight is 1090 g/mol. The molecule has 10 rings (SSSR count). The van der Waals surface area contributed by atoms with Crippen LogP contribution in [0.4, 0.5) is 11.4 Å². The number of carbonyl (C=O) groups is 4. The van der Waals surface area contributed by atoms with Crippen LogP contribution in [0.15, 0.2) is 69.8 Å². The number of nitrogens with zero attached hydrogens (tertiary/aromatic N) is 2. The van der Waals surface area contributed by atoms with E-state index in [0.29, 0.717) is 58.6 Å². The van der Waals surface area contributed by atoms with Crippen molar-refractivity contribution in [1.29, 1.82) is 0 Å². The van der Waals surface area contributed by atoms with Crippen molar-refractivity contribution in [2.24, 2.45) is 47.3 Å². The molecule has 4 N–H and O–H groups in total. The Bertz CT molecular complexity index is 2840. The fourth-order valence-electron chi connectivity index (χ4n) is 12.5. The number of oxazole rings is 2. The first kappa shape index (κ1) is 58.1. The normalized spacial score (nSPS) is 30.0. The third-order valence-electron chi connectivity index (χ3n) is 17.1. The zero-order valence-corrected chi connectivity index (χ0v) is 48.1. The number of H-pyrrole nitrogens is 2. The van der Waals surface area contributed by atoms with Gasteiger partial charge in [0.25, 0.3) is 0 Å². The van der Waals surface area contributed by atoms with Gasteiger partial charge in [0.2, 0.25) is 0 Å². The van der Waals surface area contributed by atoms with Crippen molar-refractivity contribution in [3.63, 3.8) is 0 Å². The molecule has 0 radical (unpaired) electrons. The third kappa shape index (κ3) is 11.5. The zero-order chi connectivity index (χ0) is 54.4. The summed E-state index contributed by atoms with van der Waals surface area (Å²) in [5, 5.41) is 29.4. The number of carboxylic acid groups (broad SMARTS) is 2. The number of aromatic nitrogens is 4. The van der Waals surface area contributed by atoms with Crippen molar-refractivity contribution in [3.05, 3.63) is 95.2 Å². The van der Waals surface area contributed by atoms with Gasteiger partial charge >= 0.3 is 37.7 Å². The summed E-state index contributed by atoms with van der Waals surface area (Å²) in [6, 6.07) is 13.9. The molecule has 4 aliphatic rings. The van der Waals surface area contributed by atoms with Crippen LogP contribution in [0.3, 0.4) is 0 Å². The molecular formula is C58H72CaN6O12. The van der Waals surface area contributed by atoms with Crippen molar-refractivity contribution in [2.75, 3.05) is 24.7 Å². The molecule has 0 aliphatic carbocycles. The molecule has 0 saturated carbocycles. The Kier molecular flexibility index (Phi) is 17.9. The Morgan fingerprint density at radius 3 is 1.34 bits per heavy atom. The summed E-state index contributed by atoms with van der Waals surface area (Å²) < 4.78 is 39.0. The molecule has 4 aliphatic heterocycles. The number of carboxylic acids is 2. The van der Waals surface area contributed by atoms with Gasteiger partial charge in [-0.15, -0.1) is 0 Å². The maximum atomic E-state index is 13.1. The van der Waals surface area contributed by atoms with Crippen LogP contribution in [0.5, 0.6) is 0 Å². The third-order valence-corrected chi connectivity index (χ3v) is 17.1. The molecule has 2 aromatic carbocycles. The molecule has 77 heavy (non-hydrogen) atoms. The number of nitrogens with one attached hydrogen (secondary N) is 4. The van der Waals surface area contributed by atoms with Crippen molar-refractivity contribution in [2.45, 2.75) is 143 Å². The monoisotopic (exact) mass is 1080 g/mol. The van der Waals surface area contributed by atoms with Crippen LogP contribution in [0.2, 0.25) is 0 Å². The molecule has 408 valence electrons. The second-order valence-electron chi connectivity index (χ2n) is 22.2. The van der Waals surface area contributed by atoms with Gasteiger partial charge in [0, 0.05) is 74.4 Å². The first-order valence-corrected chi connectivity index (χ1v) is 27.0. The van der Waals surface area contributed by atoms with Crippen molar-refractivity contribution < 1.29 is 57.2 Å². The summed E-state index contributed by atoms with van der Waals surface area (Å²) in [4.78, 5) is 65.0. The van der Waals surface area contributed by atoms with E-state index in [1.807, 2.05) is 26.0 Å². The maximum Gasteiger partial charge on any atom is 2.00 e. The SMILES string of the molecule is CNc1ccc2oc(C[C@H]3OC4(CC[C@H]3C)O[C@H]([C@H](C)C(=O)c3ccc[nH]3)[C@H](C)C[C@H]4C)nc2c1C(=O)[O-].CNc1ccc2oc(C[C@H]3OC4(CC[C@H]3C)O[C@H]([C@H](C)C(=O)c3ccc[nH]3)[C@H](C)C[C@H]4C)nc2c1C(=O)[O-].[Ca+2]. The molecule has 19 heteroatoms. The molecule has 4 fully saturated rings. The number of anilines is 2. The van der Waals surface area contributed by atoms with E-state index in [1.165, 1.54) is 0 Å². The van der Waals surface area contributed by atoms with Gasteiger partial charge in [-0.1, -0.05) is 55.4 Å². The Hall–Kier alpha value is -5.08. The molecule has 0 amide bonds. The van der Waals surface area contributed by atoms with E-state index in [1.54, 1.807) is 62.9 Å². The molecule has 4 saturated heterocycles. The number of carbonyl (C=O) groups excluding carboxylic acids is 4. The van der Waals surface area contributed by atoms with Crippen LogP contribution in [0.25, 0.3) is 22.2 Å². The fraction of sp³-hybridized carbons (Fsp3) is 0.552. The number of fused-ring (bicyclic) bond motifs is 2. The fourth-order valence-corrected chi connectivity index (χ4v) is 12.5. The Labute approximate surface area is 478 Å². The minimum Gasteiger partial charge on any atom is -0.545 e. The molecule has 2 unspecified atom stereocenters. The number of ketones is 2. The van der Waals surface area contributed by atoms with Gasteiger partial charge in [-0.05, 0) is 97.9 Å². The number of rotatable bonds is 14. The van der Waals surface area contributed by atoms with E-state index >= 15 is 0 Å². The summed E-state index contributed by atoms with van der Waals surface area (Å²) in [7, 11) is 3.30. The minimum atomic E-state index is -1.31. The molecule has 8 heterocycles. The van der Waals surface area contributed by atoms with Gasteiger partial charge in [0.1, 0.15) is 11.0 Å². The van der Waals surface area contributed by atoms with Gasteiger partial charge in [-0.25, -0.2) is 9.97 Å². The minimum absolute atomic E-state index is 0. The molecule has 0 bridgehead atoms. The van der Waals surface area contributed by atoms with Crippen molar-refractivity contribution >= 4 is 94.8 Å². The van der Waals surface area contributed by atoms with Gasteiger partial charge in [0.05, 0.1) is 71.7 Å². The Balaban J connectivity index is 0.000000201. The number of hydrogen-bond donors (Lipinski definition) is 4. The summed E-state index contributed by atoms with van der Waals surface area (Å²) in [5.41, 5.74) is 3.30. The first-order chi connectivity index (χ1) is 36.3. The van der Waals surface area contributed by atoms with E-state index in [4.69, 9.17) is 27.8 Å². The van der Waals surface area contributed by atoms with Crippen molar-refractivity contribution in [3.8, 4) is 0 Å². The average Bonchev–Trinajstić information content (AvgIpc) is 4.33. The van der Waals surface area contributed by atoms with Crippen LogP contribution in [-0.2, 0) is 31.8 Å². The van der Waals surface area contributed by atoms with E-state index in [9.17, 15) is 29.4 Å². The van der Waals surface area contributed by atoms with Crippen LogP contribution in [-0.4, -0.2) is 131 Å². The van der Waals surface area contributed by atoms with Gasteiger partial charge < -0.3 is 68.2 Å². The zero-order valence-electron chi connectivity index (χ0n) is 45.9. The number of aromatic carboxylic acids is 2. The second kappa shape index (κ2) is 23.7. The van der Waals surface area contributed by atoms with Crippen LogP contribution in [0, 0.1) is 47.3 Å². The van der Waals surface area contributed by atoms with E-state index in [2.05, 4.69) is 72.1 Å². The number of benzene rings is 2. The Morgan fingerprint density at radius 2 is 1.00 bits per heavy atom. The van der Waals surface area contributed by atoms with Gasteiger partial charge in [0.15, 0.2) is 46.1 Å². The molecule has 6 aromatic rings. The summed E-state index contributed by atoms with van der Waals surface area (Å²) in [6.07, 6.45) is 8.30. The van der Waals surface area contributed by atoms with Gasteiger partial charge in [-0.3, -0.25) is 9.59 Å². The first-order valence-electron chi connectivity index (χ1n) is 27.0. The summed E-state index contributed by atoms with van der Waals surface area (Å²) in [6.45, 7) is 16.7. The van der Waals surface area contributed by atoms with Gasteiger partial charge in [-0.2, -0.15) is 0 Å². The van der Waals surface area contributed by atoms with E-state index < -0.39 is 23.5 Å². The standard InChI is InChI=1S/2C29H37N3O6.Ca/c2*1-15-10-11-29(17(3)13-16(2)27(38-29)18(4)26(33)20-7-6-12-31-20)37-22(15)14-23-32-25-21(36-23)9-8-19(30-5)24(25)28(34)35;/h2*6-9,12,15-18,22,27,30-31H,10-11,13-14H2,1-5H3,(H,34,35);/q;;+2/p-2/t2*15-,16-,17-,18-,22-,27+,29?;/m11./s1. The summed E-state index contributed by atoms with van der Waals surface area (Å²) >= 11 is 0. The maximum absolute atomic E-state index is 13.1. The number of ether oxygens (including phenoxy) is 4. The largest absolute Gasteiger partial charge is 2.00 e. The number of Topliss-reactive ketones (excluding diaryl/α,β-unsaturated/α-hetero) is 2. The molecule has 14 atom stereocenters. The smallest absolute Gasteiger partial charge is 0.545 e. The Morgan fingerprint density at radius 1 is 0.610 bits per heavy atom. The second-order valence-corrected chi connectivity index (χ2v) is 22.2. The molecule has 2 spiro atoms. The predicted molar refractivity (Wildman–Crippen MR) is 285 cm³/mol. The van der Waals surface area contributed by atoms with Crippen molar-refractivity contribution in [1.82, 2.24) is 19.9 Å². The molecular weight excluding hydrogens is 1010 g/mol. The summed E-state index contributed by atoms with van der Waals surface area (Å²) in [5.74, 6) is -2.87. The van der Waals surface area contributed by atoms with Crippen LogP contribution in [0.1, 0.15) is 147 Å². The quantitative estimate of drug-likeness (QED) is 0.0595.